The van der Waals surface area contributed by atoms with Crippen LogP contribution in [0.25, 0.3) is 0 Å². The Morgan fingerprint density at radius 2 is 2.35 bits per heavy atom. The highest BCUT2D eigenvalue weighted by atomic mass is 35.5. The highest BCUT2D eigenvalue weighted by Crippen LogP contribution is 2.21. The van der Waals surface area contributed by atoms with Gasteiger partial charge in [-0.15, -0.1) is 0 Å². The highest BCUT2D eigenvalue weighted by molar-refractivity contribution is 6.31. The fourth-order valence-corrected chi connectivity index (χ4v) is 1.44. The number of carbonyl (C=O) groups excluding carboxylic acids is 1. The molecule has 1 rings (SSSR count). The normalized spacial score (nSPS) is 9.47. The summed E-state index contributed by atoms with van der Waals surface area (Å²) in [5, 5.41) is 11.7. The van der Waals surface area contributed by atoms with Gasteiger partial charge in [-0.2, -0.15) is 5.26 Å². The number of benzene rings is 1. The smallest absolute Gasteiger partial charge is 0.223 e. The van der Waals surface area contributed by atoms with Crippen LogP contribution in [0.3, 0.4) is 0 Å². The van der Waals surface area contributed by atoms with Gasteiger partial charge >= 0.3 is 0 Å². The fraction of sp³-hybridized carbons (Fsp3) is 0.333. The maximum atomic E-state index is 11.1. The van der Waals surface area contributed by atoms with Crippen molar-refractivity contribution in [3.05, 3.63) is 28.8 Å². The van der Waals surface area contributed by atoms with Gasteiger partial charge in [-0.3, -0.25) is 4.79 Å². The minimum absolute atomic E-state index is 0.0489. The van der Waals surface area contributed by atoms with Gasteiger partial charge in [0.25, 0.3) is 0 Å². The Bertz CT molecular complexity index is 441. The molecule has 0 spiro atoms. The number of nitriles is 1. The van der Waals surface area contributed by atoms with Crippen LogP contribution in [-0.4, -0.2) is 19.1 Å². The molecule has 1 aromatic rings. The average molecular weight is 253 g/mol. The molecule has 0 fully saturated rings. The second-order valence-corrected chi connectivity index (χ2v) is 3.71. The molecule has 17 heavy (non-hydrogen) atoms. The van der Waals surface area contributed by atoms with Crippen molar-refractivity contribution in [2.75, 3.05) is 13.2 Å². The van der Waals surface area contributed by atoms with Crippen LogP contribution in [0.4, 0.5) is 0 Å². The molecule has 5 heteroatoms. The molecule has 1 N–H and O–H groups in total. The Hall–Kier alpha value is -1.73. The number of hydrogen-bond donors (Lipinski definition) is 1. The zero-order valence-corrected chi connectivity index (χ0v) is 10.3. The van der Waals surface area contributed by atoms with Crippen LogP contribution in [0.2, 0.25) is 5.02 Å². The van der Waals surface area contributed by atoms with Crippen molar-refractivity contribution in [3.8, 4) is 11.8 Å². The van der Waals surface area contributed by atoms with Crippen molar-refractivity contribution in [2.24, 2.45) is 0 Å². The first kappa shape index (κ1) is 13.3. The lowest BCUT2D eigenvalue weighted by atomic mass is 10.2. The topological polar surface area (TPSA) is 62.1 Å². The van der Waals surface area contributed by atoms with Crippen molar-refractivity contribution in [1.29, 1.82) is 5.26 Å². The Labute approximate surface area is 105 Å². The van der Waals surface area contributed by atoms with Crippen molar-refractivity contribution in [1.82, 2.24) is 5.32 Å². The number of halogens is 1. The summed E-state index contributed by atoms with van der Waals surface area (Å²) in [4.78, 5) is 11.1. The Morgan fingerprint density at radius 1 is 1.59 bits per heavy atom. The van der Waals surface area contributed by atoms with Gasteiger partial charge in [0.05, 0.1) is 23.6 Å². The molecule has 0 aliphatic rings. The molecule has 0 radical (unpaired) electrons. The van der Waals surface area contributed by atoms with E-state index < -0.39 is 0 Å². The average Bonchev–Trinajstić information content (AvgIpc) is 2.29. The van der Waals surface area contributed by atoms with Gasteiger partial charge < -0.3 is 10.1 Å². The molecule has 0 atom stereocenters. The van der Waals surface area contributed by atoms with Crippen LogP contribution < -0.4 is 10.1 Å². The predicted octanol–water partition coefficient (Wildman–Crippen LogP) is 2.12. The third kappa shape index (κ3) is 4.33. The van der Waals surface area contributed by atoms with Crippen LogP contribution in [0.15, 0.2) is 18.2 Å². The minimum Gasteiger partial charge on any atom is -0.493 e. The maximum absolute atomic E-state index is 11.1. The van der Waals surface area contributed by atoms with Crippen LogP contribution in [0, 0.1) is 11.3 Å². The van der Waals surface area contributed by atoms with E-state index in [0.29, 0.717) is 29.3 Å². The van der Waals surface area contributed by atoms with Gasteiger partial charge in [-0.05, 0) is 19.1 Å². The van der Waals surface area contributed by atoms with Crippen molar-refractivity contribution in [2.45, 2.75) is 13.3 Å². The molecule has 0 saturated carbocycles. The highest BCUT2D eigenvalue weighted by Gasteiger charge is 2.03. The standard InChI is InChI=1S/C12H13ClN2O2/c1-2-15-12(16)5-6-17-10-4-3-9(8-14)11(13)7-10/h3-4,7H,2,5-6H2,1H3,(H,15,16). The fourth-order valence-electron chi connectivity index (χ4n) is 1.22. The molecule has 0 saturated heterocycles. The van der Waals surface area contributed by atoms with Gasteiger partial charge in [0, 0.05) is 12.6 Å². The van der Waals surface area contributed by atoms with Gasteiger partial charge in [0.15, 0.2) is 0 Å². The number of ether oxygens (including phenoxy) is 1. The molecule has 1 amide bonds. The van der Waals surface area contributed by atoms with Gasteiger partial charge in [0.2, 0.25) is 5.91 Å². The summed E-state index contributed by atoms with van der Waals surface area (Å²) in [6.07, 6.45) is 0.297. The minimum atomic E-state index is -0.0489. The zero-order chi connectivity index (χ0) is 12.7. The molecule has 0 bridgehead atoms. The monoisotopic (exact) mass is 252 g/mol. The van der Waals surface area contributed by atoms with E-state index in [1.165, 1.54) is 0 Å². The molecule has 0 aliphatic heterocycles. The van der Waals surface area contributed by atoms with Crippen LogP contribution in [-0.2, 0) is 4.79 Å². The Kier molecular flexibility index (Phi) is 5.31. The molecule has 0 unspecified atom stereocenters. The summed E-state index contributed by atoms with van der Waals surface area (Å²) >= 11 is 5.84. The molecule has 0 heterocycles. The Morgan fingerprint density at radius 3 is 2.94 bits per heavy atom. The number of nitrogens with zero attached hydrogens (tertiary/aromatic N) is 1. The summed E-state index contributed by atoms with van der Waals surface area (Å²) in [6.45, 7) is 2.76. The SMILES string of the molecule is CCNC(=O)CCOc1ccc(C#N)c(Cl)c1. The number of carbonyl (C=O) groups is 1. The predicted molar refractivity (Wildman–Crippen MR) is 65.0 cm³/mol. The number of rotatable bonds is 5. The van der Waals surface area contributed by atoms with E-state index in [1.807, 2.05) is 13.0 Å². The Balaban J connectivity index is 2.45. The maximum Gasteiger partial charge on any atom is 0.223 e. The molecular weight excluding hydrogens is 240 g/mol. The summed E-state index contributed by atoms with van der Waals surface area (Å²) < 4.78 is 5.35. The van der Waals surface area contributed by atoms with Gasteiger partial charge in [-0.25, -0.2) is 0 Å². The summed E-state index contributed by atoms with van der Waals surface area (Å²) in [5.41, 5.74) is 0.405. The van der Waals surface area contributed by atoms with Crippen molar-refractivity contribution in [3.63, 3.8) is 0 Å². The number of amides is 1. The molecule has 4 nitrogen and oxygen atoms in total. The van der Waals surface area contributed by atoms with E-state index in [4.69, 9.17) is 21.6 Å². The molecular formula is C12H13ClN2O2. The lowest BCUT2D eigenvalue weighted by Gasteiger charge is -2.06. The summed E-state index contributed by atoms with van der Waals surface area (Å²) in [7, 11) is 0. The van der Waals surface area contributed by atoms with Gasteiger partial charge in [0.1, 0.15) is 11.8 Å². The largest absolute Gasteiger partial charge is 0.493 e. The second kappa shape index (κ2) is 6.77. The molecule has 90 valence electrons. The third-order valence-electron chi connectivity index (χ3n) is 2.03. The molecule has 0 aromatic heterocycles. The number of hydrogen-bond acceptors (Lipinski definition) is 3. The van der Waals surface area contributed by atoms with Crippen LogP contribution in [0.1, 0.15) is 18.9 Å². The van der Waals surface area contributed by atoms with E-state index >= 15 is 0 Å². The summed E-state index contributed by atoms with van der Waals surface area (Å²) in [6, 6.07) is 6.77. The van der Waals surface area contributed by atoms with Crippen LogP contribution in [0.5, 0.6) is 5.75 Å². The van der Waals surface area contributed by atoms with Gasteiger partial charge in [-0.1, -0.05) is 11.6 Å². The first-order valence-electron chi connectivity index (χ1n) is 5.26. The second-order valence-electron chi connectivity index (χ2n) is 3.31. The molecule has 0 aliphatic carbocycles. The van der Waals surface area contributed by atoms with E-state index in [1.54, 1.807) is 18.2 Å². The lowest BCUT2D eigenvalue weighted by molar-refractivity contribution is -0.121. The zero-order valence-electron chi connectivity index (χ0n) is 9.50. The van der Waals surface area contributed by atoms with Crippen molar-refractivity contribution >= 4 is 17.5 Å². The number of nitrogens with one attached hydrogen (secondary N) is 1. The van der Waals surface area contributed by atoms with E-state index in [-0.39, 0.29) is 12.5 Å². The van der Waals surface area contributed by atoms with E-state index in [2.05, 4.69) is 5.32 Å². The van der Waals surface area contributed by atoms with Crippen LogP contribution >= 0.6 is 11.6 Å². The van der Waals surface area contributed by atoms with E-state index in [9.17, 15) is 4.79 Å². The lowest BCUT2D eigenvalue weighted by Crippen LogP contribution is -2.24. The third-order valence-corrected chi connectivity index (χ3v) is 2.35. The summed E-state index contributed by atoms with van der Waals surface area (Å²) in [5.74, 6) is 0.505. The van der Waals surface area contributed by atoms with E-state index in [0.717, 1.165) is 0 Å². The quantitative estimate of drug-likeness (QED) is 0.873. The first-order valence-corrected chi connectivity index (χ1v) is 5.64. The molecule has 1 aromatic carbocycles. The first-order chi connectivity index (χ1) is 8.17. The van der Waals surface area contributed by atoms with Crippen molar-refractivity contribution < 1.29 is 9.53 Å².